The summed E-state index contributed by atoms with van der Waals surface area (Å²) < 4.78 is 0. The molecule has 1 unspecified atom stereocenters. The van der Waals surface area contributed by atoms with Gasteiger partial charge in [-0.1, -0.05) is 0 Å². The Bertz CT molecular complexity index is 163. The van der Waals surface area contributed by atoms with Crippen molar-refractivity contribution in [2.24, 2.45) is 5.92 Å². The molecule has 3 nitrogen and oxygen atoms in total. The molecular weight excluding hydrogens is 164 g/mol. The summed E-state index contributed by atoms with van der Waals surface area (Å²) in [7, 11) is 0. The lowest BCUT2D eigenvalue weighted by Crippen LogP contribution is -2.43. The molecule has 0 aliphatic carbocycles. The summed E-state index contributed by atoms with van der Waals surface area (Å²) in [6.07, 6.45) is -0.141. The number of carbonyl (C=O) groups is 1. The Kier molecular flexibility index (Phi) is 2.44. The molecule has 1 heterocycles. The predicted octanol–water partition coefficient (Wildman–Crippen LogP) is 0.575. The first-order valence-corrected chi connectivity index (χ1v) is 4.70. The molecule has 1 aliphatic rings. The van der Waals surface area contributed by atoms with E-state index in [1.807, 2.05) is 0 Å². The van der Waals surface area contributed by atoms with Crippen LogP contribution in [0.5, 0.6) is 0 Å². The highest BCUT2D eigenvalue weighted by Crippen LogP contribution is 2.35. The fraction of sp³-hybridized carbons (Fsp3) is 0.857. The maximum atomic E-state index is 10.3. The van der Waals surface area contributed by atoms with Gasteiger partial charge < -0.3 is 10.2 Å². The molecule has 1 atom stereocenters. The molecule has 0 bridgehead atoms. The van der Waals surface area contributed by atoms with Crippen LogP contribution < -0.4 is 0 Å². The second-order valence-corrected chi connectivity index (χ2v) is 4.24. The summed E-state index contributed by atoms with van der Waals surface area (Å²) in [5, 5.41) is 18.1. The smallest absolute Gasteiger partial charge is 0.306 e. The third-order valence-electron chi connectivity index (χ3n) is 2.03. The molecule has 0 spiro atoms. The fourth-order valence-electron chi connectivity index (χ4n) is 1.05. The second kappa shape index (κ2) is 3.03. The van der Waals surface area contributed by atoms with E-state index < -0.39 is 11.6 Å². The monoisotopic (exact) mass is 176 g/mol. The van der Waals surface area contributed by atoms with Crippen LogP contribution >= 0.6 is 11.8 Å². The lowest BCUT2D eigenvalue weighted by Gasteiger charge is -2.37. The SMILES string of the molecule is CC(O)(CC(=O)O)C1CSC1. The van der Waals surface area contributed by atoms with Crippen molar-refractivity contribution in [3.8, 4) is 0 Å². The van der Waals surface area contributed by atoms with Crippen LogP contribution in [0, 0.1) is 5.92 Å². The van der Waals surface area contributed by atoms with Crippen molar-refractivity contribution in [3.05, 3.63) is 0 Å². The molecule has 0 aromatic carbocycles. The van der Waals surface area contributed by atoms with Crippen LogP contribution in [0.4, 0.5) is 0 Å². The predicted molar refractivity (Wildman–Crippen MR) is 43.7 cm³/mol. The second-order valence-electron chi connectivity index (χ2n) is 3.16. The summed E-state index contributed by atoms with van der Waals surface area (Å²) in [6.45, 7) is 1.60. The van der Waals surface area contributed by atoms with Gasteiger partial charge in [0.05, 0.1) is 12.0 Å². The Morgan fingerprint density at radius 3 is 2.55 bits per heavy atom. The van der Waals surface area contributed by atoms with Gasteiger partial charge in [-0.2, -0.15) is 11.8 Å². The van der Waals surface area contributed by atoms with Gasteiger partial charge >= 0.3 is 5.97 Å². The molecule has 1 saturated heterocycles. The van der Waals surface area contributed by atoms with Gasteiger partial charge in [0, 0.05) is 5.92 Å². The minimum Gasteiger partial charge on any atom is -0.481 e. The molecule has 0 aromatic rings. The fourth-order valence-corrected chi connectivity index (χ4v) is 2.23. The van der Waals surface area contributed by atoms with E-state index >= 15 is 0 Å². The van der Waals surface area contributed by atoms with E-state index in [2.05, 4.69) is 0 Å². The van der Waals surface area contributed by atoms with Crippen LogP contribution in [-0.4, -0.2) is 33.3 Å². The third kappa shape index (κ3) is 2.10. The molecule has 0 aromatic heterocycles. The standard InChI is InChI=1S/C7H12O3S/c1-7(10,2-6(8)9)5-3-11-4-5/h5,10H,2-4H2,1H3,(H,8,9). The number of hydrogen-bond acceptors (Lipinski definition) is 3. The van der Waals surface area contributed by atoms with Gasteiger partial charge in [0.2, 0.25) is 0 Å². The highest BCUT2D eigenvalue weighted by molar-refractivity contribution is 8.00. The van der Waals surface area contributed by atoms with E-state index in [-0.39, 0.29) is 12.3 Å². The van der Waals surface area contributed by atoms with Crippen molar-refractivity contribution in [3.63, 3.8) is 0 Å². The van der Waals surface area contributed by atoms with Crippen LogP contribution in [0.1, 0.15) is 13.3 Å². The van der Waals surface area contributed by atoms with Gasteiger partial charge in [-0.25, -0.2) is 0 Å². The summed E-state index contributed by atoms with van der Waals surface area (Å²) >= 11 is 1.75. The zero-order valence-corrected chi connectivity index (χ0v) is 7.23. The van der Waals surface area contributed by atoms with E-state index in [9.17, 15) is 9.90 Å². The zero-order chi connectivity index (χ0) is 8.48. The zero-order valence-electron chi connectivity index (χ0n) is 6.41. The van der Waals surface area contributed by atoms with E-state index in [1.165, 1.54) is 0 Å². The van der Waals surface area contributed by atoms with Crippen LogP contribution in [0.3, 0.4) is 0 Å². The normalized spacial score (nSPS) is 23.8. The Labute approximate surface area is 69.8 Å². The minimum atomic E-state index is -1.00. The Morgan fingerprint density at radius 2 is 2.27 bits per heavy atom. The molecular formula is C7H12O3S. The Morgan fingerprint density at radius 1 is 1.73 bits per heavy atom. The van der Waals surface area contributed by atoms with Crippen molar-refractivity contribution in [2.45, 2.75) is 18.9 Å². The number of aliphatic carboxylic acids is 1. The molecule has 11 heavy (non-hydrogen) atoms. The lowest BCUT2D eigenvalue weighted by atomic mass is 9.88. The minimum absolute atomic E-state index is 0.141. The number of carboxylic acid groups (broad SMARTS) is 1. The van der Waals surface area contributed by atoms with Crippen LogP contribution in [0.15, 0.2) is 0 Å². The van der Waals surface area contributed by atoms with Crippen LogP contribution in [0.2, 0.25) is 0 Å². The Hall–Kier alpha value is -0.220. The highest BCUT2D eigenvalue weighted by atomic mass is 32.2. The number of carboxylic acids is 1. The number of hydrogen-bond donors (Lipinski definition) is 2. The van der Waals surface area contributed by atoms with Crippen molar-refractivity contribution in [2.75, 3.05) is 11.5 Å². The van der Waals surface area contributed by atoms with E-state index in [0.29, 0.717) is 0 Å². The molecule has 1 fully saturated rings. The number of thioether (sulfide) groups is 1. The summed E-state index contributed by atoms with van der Waals surface area (Å²) in [4.78, 5) is 10.3. The summed E-state index contributed by atoms with van der Waals surface area (Å²) in [5.41, 5.74) is -1.00. The average Bonchev–Trinajstić information content (AvgIpc) is 1.50. The molecule has 1 aliphatic heterocycles. The lowest BCUT2D eigenvalue weighted by molar-refractivity contribution is -0.143. The van der Waals surface area contributed by atoms with Gasteiger partial charge in [0.25, 0.3) is 0 Å². The van der Waals surface area contributed by atoms with Crippen molar-refractivity contribution in [1.82, 2.24) is 0 Å². The van der Waals surface area contributed by atoms with Crippen LogP contribution in [0.25, 0.3) is 0 Å². The van der Waals surface area contributed by atoms with Crippen molar-refractivity contribution in [1.29, 1.82) is 0 Å². The third-order valence-corrected chi connectivity index (χ3v) is 3.30. The van der Waals surface area contributed by atoms with Gasteiger partial charge in [-0.15, -0.1) is 0 Å². The van der Waals surface area contributed by atoms with Gasteiger partial charge in [-0.05, 0) is 18.4 Å². The maximum absolute atomic E-state index is 10.3. The van der Waals surface area contributed by atoms with E-state index in [1.54, 1.807) is 18.7 Å². The average molecular weight is 176 g/mol. The number of rotatable bonds is 3. The quantitative estimate of drug-likeness (QED) is 0.660. The van der Waals surface area contributed by atoms with Gasteiger partial charge in [0.15, 0.2) is 0 Å². The topological polar surface area (TPSA) is 57.5 Å². The van der Waals surface area contributed by atoms with Crippen LogP contribution in [-0.2, 0) is 4.79 Å². The Balaban J connectivity index is 2.43. The summed E-state index contributed by atoms with van der Waals surface area (Å²) in [6, 6.07) is 0. The van der Waals surface area contributed by atoms with Crippen molar-refractivity contribution >= 4 is 17.7 Å². The van der Waals surface area contributed by atoms with Crippen molar-refractivity contribution < 1.29 is 15.0 Å². The molecule has 4 heteroatoms. The molecule has 0 amide bonds. The number of aliphatic hydroxyl groups is 1. The maximum Gasteiger partial charge on any atom is 0.306 e. The summed E-state index contributed by atoms with van der Waals surface area (Å²) in [5.74, 6) is 1.02. The molecule has 2 N–H and O–H groups in total. The first kappa shape index (κ1) is 8.87. The molecule has 0 saturated carbocycles. The largest absolute Gasteiger partial charge is 0.481 e. The van der Waals surface area contributed by atoms with Gasteiger partial charge in [-0.3, -0.25) is 4.79 Å². The van der Waals surface area contributed by atoms with E-state index in [0.717, 1.165) is 11.5 Å². The highest BCUT2D eigenvalue weighted by Gasteiger charge is 2.38. The first-order valence-electron chi connectivity index (χ1n) is 3.54. The molecule has 0 radical (unpaired) electrons. The first-order chi connectivity index (χ1) is 5.02. The van der Waals surface area contributed by atoms with E-state index in [4.69, 9.17) is 5.11 Å². The molecule has 1 rings (SSSR count). The van der Waals surface area contributed by atoms with Gasteiger partial charge in [0.1, 0.15) is 0 Å². The molecule has 64 valence electrons.